The molecule has 0 bridgehead atoms. The maximum absolute atomic E-state index is 12.1. The van der Waals surface area contributed by atoms with Crippen LogP contribution in [0.3, 0.4) is 0 Å². The van der Waals surface area contributed by atoms with Crippen LogP contribution >= 0.6 is 0 Å². The first-order chi connectivity index (χ1) is 17.6. The van der Waals surface area contributed by atoms with Gasteiger partial charge in [0.25, 0.3) is 0 Å². The number of unbranched alkanes of at least 4 members (excludes halogenated alkanes) is 13. The number of carboxylic acid groups (broad SMARTS) is 3. The second-order valence-corrected chi connectivity index (χ2v) is 10.0. The van der Waals surface area contributed by atoms with E-state index < -0.39 is 60.9 Å². The van der Waals surface area contributed by atoms with Gasteiger partial charge in [-0.05, 0) is 12.8 Å². The van der Waals surface area contributed by atoms with Crippen LogP contribution in [0.15, 0.2) is 0 Å². The Balaban J connectivity index is 4.22. The van der Waals surface area contributed by atoms with Gasteiger partial charge in [0.05, 0.1) is 25.4 Å². The molecule has 0 fully saturated rings. The van der Waals surface area contributed by atoms with Crippen LogP contribution in [0.1, 0.15) is 122 Å². The lowest BCUT2D eigenvalue weighted by molar-refractivity contribution is -0.175. The van der Waals surface area contributed by atoms with Gasteiger partial charge in [0.2, 0.25) is 0 Å². The van der Waals surface area contributed by atoms with Crippen LogP contribution < -0.4 is 0 Å². The number of rotatable bonds is 25. The van der Waals surface area contributed by atoms with Crippen molar-refractivity contribution in [2.24, 2.45) is 5.92 Å². The van der Waals surface area contributed by atoms with E-state index in [2.05, 4.69) is 6.92 Å². The second kappa shape index (κ2) is 20.8. The topological polar surface area (TPSA) is 179 Å². The fraction of sp³-hybridized carbons (Fsp3) is 0.852. The Labute approximate surface area is 220 Å². The molecular weight excluding hydrogens is 484 g/mol. The maximum atomic E-state index is 12.1. The van der Waals surface area contributed by atoms with Crippen molar-refractivity contribution < 1.29 is 49.4 Å². The molecule has 0 saturated carbocycles. The quantitative estimate of drug-likeness (QED) is 0.0828. The smallest absolute Gasteiger partial charge is 0.336 e. The maximum Gasteiger partial charge on any atom is 0.336 e. The summed E-state index contributed by atoms with van der Waals surface area (Å²) in [5, 5.41) is 46.8. The summed E-state index contributed by atoms with van der Waals surface area (Å²) in [5.41, 5.74) is -2.86. The summed E-state index contributed by atoms with van der Waals surface area (Å²) in [6, 6.07) is 0. The number of aliphatic hydroxyl groups excluding tert-OH is 1. The first-order valence-corrected chi connectivity index (χ1v) is 13.8. The van der Waals surface area contributed by atoms with E-state index in [9.17, 15) is 34.5 Å². The zero-order chi connectivity index (χ0) is 28.1. The van der Waals surface area contributed by atoms with Crippen LogP contribution in [0.5, 0.6) is 0 Å². The lowest BCUT2D eigenvalue weighted by atomic mass is 9.94. The van der Waals surface area contributed by atoms with Crippen LogP contribution in [-0.4, -0.2) is 67.7 Å². The average molecular weight is 533 g/mol. The number of aliphatic hydroxyl groups is 2. The molecule has 0 aliphatic heterocycles. The van der Waals surface area contributed by atoms with Gasteiger partial charge in [0, 0.05) is 0 Å². The van der Waals surface area contributed by atoms with Crippen LogP contribution in [-0.2, 0) is 23.9 Å². The number of hydrogen-bond acceptors (Lipinski definition) is 7. The second-order valence-electron chi connectivity index (χ2n) is 10.0. The van der Waals surface area contributed by atoms with Gasteiger partial charge in [-0.15, -0.1) is 0 Å². The molecule has 0 aromatic heterocycles. The largest absolute Gasteiger partial charge is 0.481 e. The molecule has 0 aliphatic rings. The molecule has 0 rings (SSSR count). The van der Waals surface area contributed by atoms with E-state index in [-0.39, 0.29) is 6.42 Å². The van der Waals surface area contributed by atoms with Gasteiger partial charge in [-0.1, -0.05) is 96.8 Å². The summed E-state index contributed by atoms with van der Waals surface area (Å²) in [6.07, 6.45) is 13.2. The molecule has 5 N–H and O–H groups in total. The van der Waals surface area contributed by atoms with Crippen LogP contribution in [0.2, 0.25) is 0 Å². The number of carbonyl (C=O) groups excluding carboxylic acids is 1. The average Bonchev–Trinajstić information content (AvgIpc) is 2.81. The van der Waals surface area contributed by atoms with Crippen LogP contribution in [0.4, 0.5) is 0 Å². The van der Waals surface area contributed by atoms with Gasteiger partial charge in [-0.3, -0.25) is 14.4 Å². The predicted molar refractivity (Wildman–Crippen MR) is 137 cm³/mol. The summed E-state index contributed by atoms with van der Waals surface area (Å²) in [4.78, 5) is 45.7. The molecule has 3 unspecified atom stereocenters. The van der Waals surface area contributed by atoms with E-state index >= 15 is 0 Å². The Morgan fingerprint density at radius 3 is 1.57 bits per heavy atom. The van der Waals surface area contributed by atoms with Gasteiger partial charge in [0.1, 0.15) is 6.10 Å². The molecule has 0 spiro atoms. The van der Waals surface area contributed by atoms with Crippen molar-refractivity contribution in [2.45, 2.75) is 134 Å². The van der Waals surface area contributed by atoms with Crippen molar-refractivity contribution in [3.05, 3.63) is 0 Å². The number of carbonyl (C=O) groups is 4. The molecule has 0 heterocycles. The Kier molecular flexibility index (Phi) is 19.6. The summed E-state index contributed by atoms with van der Waals surface area (Å²) in [5.74, 6) is -6.69. The monoisotopic (exact) mass is 532 g/mol. The summed E-state index contributed by atoms with van der Waals surface area (Å²) >= 11 is 0. The van der Waals surface area contributed by atoms with Crippen LogP contribution in [0, 0.1) is 5.92 Å². The van der Waals surface area contributed by atoms with E-state index in [1.54, 1.807) is 0 Å². The van der Waals surface area contributed by atoms with Crippen molar-refractivity contribution in [2.75, 3.05) is 6.61 Å². The fourth-order valence-electron chi connectivity index (χ4n) is 4.33. The third kappa shape index (κ3) is 17.8. The fourth-order valence-corrected chi connectivity index (χ4v) is 4.33. The first-order valence-electron chi connectivity index (χ1n) is 13.8. The van der Waals surface area contributed by atoms with E-state index in [1.165, 1.54) is 64.2 Å². The highest BCUT2D eigenvalue weighted by Crippen LogP contribution is 2.22. The van der Waals surface area contributed by atoms with Gasteiger partial charge in [-0.25, -0.2) is 4.79 Å². The molecule has 0 amide bonds. The molecule has 216 valence electrons. The number of esters is 1. The van der Waals surface area contributed by atoms with E-state index in [0.717, 1.165) is 19.3 Å². The number of hydrogen-bond donors (Lipinski definition) is 5. The lowest BCUT2D eigenvalue weighted by Gasteiger charge is -2.23. The zero-order valence-corrected chi connectivity index (χ0v) is 22.4. The van der Waals surface area contributed by atoms with Crippen molar-refractivity contribution in [3.63, 3.8) is 0 Å². The third-order valence-electron chi connectivity index (χ3n) is 6.58. The molecule has 0 aromatic carbocycles. The molecule has 0 aliphatic carbocycles. The van der Waals surface area contributed by atoms with Crippen LogP contribution in [0.25, 0.3) is 0 Å². The Morgan fingerprint density at radius 2 is 1.19 bits per heavy atom. The standard InChI is InChI=1S/C27H48O10/c1-2-3-4-5-6-7-8-9-10-11-12-13-14-15-16-21(25(32)33)17-22(20-28)37-24(31)19-27(36,26(34)35)18-23(29)30/h21-22,28,36H,2-20H2,1H3,(H,29,30)(H,32,33)(H,34,35). The molecule has 37 heavy (non-hydrogen) atoms. The lowest BCUT2D eigenvalue weighted by Crippen LogP contribution is -2.43. The molecule has 10 nitrogen and oxygen atoms in total. The minimum atomic E-state index is -2.86. The SMILES string of the molecule is CCCCCCCCCCCCCCCCC(CC(CO)OC(=O)CC(O)(CC(=O)O)C(=O)O)C(=O)O. The molecule has 3 atom stereocenters. The van der Waals surface area contributed by atoms with Gasteiger partial charge < -0.3 is 30.3 Å². The van der Waals surface area contributed by atoms with Crippen molar-refractivity contribution in [1.29, 1.82) is 0 Å². The summed E-state index contributed by atoms with van der Waals surface area (Å²) < 4.78 is 4.96. The molecule has 0 aromatic rings. The first kappa shape index (κ1) is 34.8. The highest BCUT2D eigenvalue weighted by atomic mass is 16.6. The third-order valence-corrected chi connectivity index (χ3v) is 6.58. The molecular formula is C27H48O10. The van der Waals surface area contributed by atoms with Crippen molar-refractivity contribution in [3.8, 4) is 0 Å². The van der Waals surface area contributed by atoms with E-state index in [1.807, 2.05) is 0 Å². The molecule has 0 radical (unpaired) electrons. The van der Waals surface area contributed by atoms with Crippen molar-refractivity contribution in [1.82, 2.24) is 0 Å². The Morgan fingerprint density at radius 1 is 0.730 bits per heavy atom. The zero-order valence-electron chi connectivity index (χ0n) is 22.4. The van der Waals surface area contributed by atoms with E-state index in [4.69, 9.17) is 14.9 Å². The predicted octanol–water partition coefficient (Wildman–Crippen LogP) is 4.53. The minimum Gasteiger partial charge on any atom is -0.481 e. The minimum absolute atomic E-state index is 0.166. The highest BCUT2D eigenvalue weighted by molar-refractivity contribution is 5.88. The van der Waals surface area contributed by atoms with Gasteiger partial charge >= 0.3 is 23.9 Å². The van der Waals surface area contributed by atoms with E-state index in [0.29, 0.717) is 12.8 Å². The summed E-state index contributed by atoms with van der Waals surface area (Å²) in [7, 11) is 0. The van der Waals surface area contributed by atoms with Gasteiger partial charge in [0.15, 0.2) is 5.60 Å². The van der Waals surface area contributed by atoms with Crippen molar-refractivity contribution >= 4 is 23.9 Å². The normalized spacial score (nSPS) is 14.5. The Bertz CT molecular complexity index is 666. The van der Waals surface area contributed by atoms with Gasteiger partial charge in [-0.2, -0.15) is 0 Å². The highest BCUT2D eigenvalue weighted by Gasteiger charge is 2.42. The number of aliphatic carboxylic acids is 3. The molecule has 10 heteroatoms. The Hall–Kier alpha value is -2.20. The number of ether oxygens (including phenoxy) is 1. The number of carboxylic acids is 3. The molecule has 0 saturated heterocycles. The summed E-state index contributed by atoms with van der Waals surface area (Å²) in [6.45, 7) is 1.54.